The van der Waals surface area contributed by atoms with Gasteiger partial charge in [0, 0.05) is 5.54 Å². The van der Waals surface area contributed by atoms with Crippen molar-refractivity contribution in [3.8, 4) is 0 Å². The van der Waals surface area contributed by atoms with Gasteiger partial charge in [-0.3, -0.25) is 0 Å². The fourth-order valence-electron chi connectivity index (χ4n) is 13.0. The van der Waals surface area contributed by atoms with Crippen LogP contribution in [0, 0.1) is 57.2 Å². The van der Waals surface area contributed by atoms with Gasteiger partial charge >= 0.3 is 5.97 Å². The highest BCUT2D eigenvalue weighted by molar-refractivity contribution is 5.89. The molecule has 5 saturated carbocycles. The second-order valence-corrected chi connectivity index (χ2v) is 16.9. The highest BCUT2D eigenvalue weighted by atomic mass is 16.5. The number of carbonyl (C=O) groups excluding carboxylic acids is 1. The molecule has 3 heteroatoms. The quantitative estimate of drug-likeness (QED) is 0.384. The minimum absolute atomic E-state index is 0.0902. The van der Waals surface area contributed by atoms with E-state index in [9.17, 15) is 4.79 Å². The summed E-state index contributed by atoms with van der Waals surface area (Å²) in [6.07, 6.45) is 13.3. The van der Waals surface area contributed by atoms with Gasteiger partial charge in [0.25, 0.3) is 0 Å². The third kappa shape index (κ3) is 3.74. The lowest BCUT2D eigenvalue weighted by atomic mass is 9.32. The minimum Gasteiger partial charge on any atom is -0.465 e. The zero-order chi connectivity index (χ0) is 28.9. The molecule has 0 spiro atoms. The first-order chi connectivity index (χ1) is 18.7. The van der Waals surface area contributed by atoms with Crippen LogP contribution in [0.2, 0.25) is 0 Å². The lowest BCUT2D eigenvalue weighted by Gasteiger charge is -2.73. The Hall–Kier alpha value is -1.35. The van der Waals surface area contributed by atoms with Crippen LogP contribution in [0.15, 0.2) is 24.3 Å². The van der Waals surface area contributed by atoms with E-state index in [2.05, 4.69) is 60.6 Å². The normalized spacial score (nSPS) is 47.5. The number of ether oxygens (including phenoxy) is 1. The van der Waals surface area contributed by atoms with Crippen molar-refractivity contribution in [1.29, 1.82) is 0 Å². The van der Waals surface area contributed by atoms with Crippen molar-refractivity contribution in [1.82, 2.24) is 0 Å². The second-order valence-electron chi connectivity index (χ2n) is 16.9. The van der Waals surface area contributed by atoms with Crippen LogP contribution in [-0.4, -0.2) is 18.6 Å². The molecule has 1 aromatic rings. The van der Waals surface area contributed by atoms with Gasteiger partial charge in [0.1, 0.15) is 0 Å². The molecule has 6 rings (SSSR count). The van der Waals surface area contributed by atoms with Crippen LogP contribution >= 0.6 is 0 Å². The monoisotopic (exact) mass is 547 g/mol. The summed E-state index contributed by atoms with van der Waals surface area (Å²) in [5.74, 6) is 4.87. The fourth-order valence-corrected chi connectivity index (χ4v) is 13.0. The Labute approximate surface area is 244 Å². The Morgan fingerprint density at radius 2 is 1.52 bits per heavy atom. The maximum Gasteiger partial charge on any atom is 0.337 e. The Morgan fingerprint density at radius 1 is 0.825 bits per heavy atom. The Bertz CT molecular complexity index is 1140. The van der Waals surface area contributed by atoms with Gasteiger partial charge < -0.3 is 10.5 Å². The Morgan fingerprint density at radius 3 is 2.17 bits per heavy atom. The van der Waals surface area contributed by atoms with E-state index in [1.54, 1.807) is 0 Å². The molecule has 10 atom stereocenters. The Balaban J connectivity index is 1.30. The first-order valence-electron chi connectivity index (χ1n) is 16.7. The van der Waals surface area contributed by atoms with Crippen LogP contribution in [0.4, 0.5) is 0 Å². The van der Waals surface area contributed by atoms with E-state index in [4.69, 9.17) is 10.5 Å². The highest BCUT2D eigenvalue weighted by Gasteiger charge is 2.70. The molecule has 222 valence electrons. The van der Waals surface area contributed by atoms with E-state index in [0.717, 1.165) is 35.5 Å². The van der Waals surface area contributed by atoms with Gasteiger partial charge in [-0.2, -0.15) is 0 Å². The van der Waals surface area contributed by atoms with E-state index in [1.165, 1.54) is 76.9 Å². The van der Waals surface area contributed by atoms with Gasteiger partial charge in [0.2, 0.25) is 0 Å². The number of esters is 1. The van der Waals surface area contributed by atoms with Crippen LogP contribution in [-0.2, 0) is 4.74 Å². The maximum atomic E-state index is 12.0. The number of benzene rings is 1. The zero-order valence-corrected chi connectivity index (χ0v) is 26.8. The molecule has 0 aromatic heterocycles. The number of hydrogen-bond acceptors (Lipinski definition) is 3. The van der Waals surface area contributed by atoms with Crippen molar-refractivity contribution in [2.75, 3.05) is 7.11 Å². The zero-order valence-electron chi connectivity index (χ0n) is 26.8. The molecule has 0 amide bonds. The standard InChI is InChI=1S/C37H57NO2/c1-23(2)26-15-20-37(38)22-21-35(6)28(31(26)37)13-14-30-34(5)18-16-27(24-9-11-25(12-10-24)32(39)40-8)33(3,4)29(34)17-19-36(30,35)7/h9-12,23,26-31H,13-22,38H2,1-8H3/t26-,27+,28+,29?,30?,31?,34-,35+,36+,37-/m0/s1. The topological polar surface area (TPSA) is 52.3 Å². The van der Waals surface area contributed by atoms with Crippen LogP contribution in [0.5, 0.6) is 0 Å². The van der Waals surface area contributed by atoms with E-state index >= 15 is 0 Å². The first kappa shape index (κ1) is 28.8. The lowest BCUT2D eigenvalue weighted by molar-refractivity contribution is -0.233. The first-order valence-corrected chi connectivity index (χ1v) is 16.7. The van der Waals surface area contributed by atoms with Crippen LogP contribution in [0.3, 0.4) is 0 Å². The van der Waals surface area contributed by atoms with Crippen molar-refractivity contribution >= 4 is 5.97 Å². The van der Waals surface area contributed by atoms with Crippen molar-refractivity contribution < 1.29 is 9.53 Å². The maximum absolute atomic E-state index is 12.0. The molecule has 40 heavy (non-hydrogen) atoms. The summed E-state index contributed by atoms with van der Waals surface area (Å²) in [5, 5.41) is 0. The molecule has 0 bridgehead atoms. The molecule has 0 saturated heterocycles. The van der Waals surface area contributed by atoms with Crippen molar-refractivity contribution in [2.24, 2.45) is 62.9 Å². The molecule has 3 nitrogen and oxygen atoms in total. The number of methoxy groups -OCH3 is 1. The molecule has 2 N–H and O–H groups in total. The highest BCUT2D eigenvalue weighted by Crippen LogP contribution is 2.77. The largest absolute Gasteiger partial charge is 0.465 e. The number of nitrogens with two attached hydrogens (primary N) is 1. The Kier molecular flexibility index (Phi) is 6.70. The van der Waals surface area contributed by atoms with Crippen LogP contribution in [0.1, 0.15) is 135 Å². The van der Waals surface area contributed by atoms with Crippen molar-refractivity contribution in [3.63, 3.8) is 0 Å². The molecular weight excluding hydrogens is 490 g/mol. The van der Waals surface area contributed by atoms with Crippen LogP contribution < -0.4 is 5.73 Å². The summed E-state index contributed by atoms with van der Waals surface area (Å²) in [4.78, 5) is 12.0. The van der Waals surface area contributed by atoms with E-state index in [-0.39, 0.29) is 16.9 Å². The van der Waals surface area contributed by atoms with Crippen molar-refractivity contribution in [3.05, 3.63) is 35.4 Å². The fraction of sp³-hybridized carbons (Fsp3) is 0.811. The summed E-state index contributed by atoms with van der Waals surface area (Å²) in [6, 6.07) is 8.35. The smallest absolute Gasteiger partial charge is 0.337 e. The number of carbonyl (C=O) groups is 1. The van der Waals surface area contributed by atoms with E-state index in [0.29, 0.717) is 27.7 Å². The molecule has 0 heterocycles. The third-order valence-electron chi connectivity index (χ3n) is 15.2. The molecule has 5 aliphatic carbocycles. The third-order valence-corrected chi connectivity index (χ3v) is 15.2. The van der Waals surface area contributed by atoms with Crippen molar-refractivity contribution in [2.45, 2.75) is 124 Å². The lowest BCUT2D eigenvalue weighted by Crippen LogP contribution is -2.68. The van der Waals surface area contributed by atoms with Gasteiger partial charge in [-0.1, -0.05) is 60.6 Å². The SMILES string of the molecule is COC(=O)c1ccc([C@H]2CC[C@@]3(C)C(CC[C@]4(C)C3CC[C@@H]3C5[C@H](C(C)C)CC[C@]5(N)CC[C@]34C)C2(C)C)cc1. The predicted molar refractivity (Wildman–Crippen MR) is 164 cm³/mol. The predicted octanol–water partition coefficient (Wildman–Crippen LogP) is 9.01. The number of rotatable bonds is 3. The number of fused-ring (bicyclic) bond motifs is 7. The van der Waals surface area contributed by atoms with Gasteiger partial charge in [0.05, 0.1) is 12.7 Å². The summed E-state index contributed by atoms with van der Waals surface area (Å²) >= 11 is 0. The molecular formula is C37H57NO2. The summed E-state index contributed by atoms with van der Waals surface area (Å²) < 4.78 is 4.95. The van der Waals surface area contributed by atoms with E-state index < -0.39 is 0 Å². The molecule has 3 unspecified atom stereocenters. The van der Waals surface area contributed by atoms with Gasteiger partial charge in [-0.15, -0.1) is 0 Å². The molecule has 0 radical (unpaired) electrons. The van der Waals surface area contributed by atoms with Gasteiger partial charge in [0.15, 0.2) is 0 Å². The summed E-state index contributed by atoms with van der Waals surface area (Å²) in [7, 11) is 1.46. The minimum atomic E-state index is -0.246. The molecule has 5 aliphatic rings. The van der Waals surface area contributed by atoms with Gasteiger partial charge in [-0.25, -0.2) is 4.79 Å². The van der Waals surface area contributed by atoms with Gasteiger partial charge in [-0.05, 0) is 145 Å². The average molecular weight is 548 g/mol. The van der Waals surface area contributed by atoms with E-state index in [1.807, 2.05) is 12.1 Å². The molecule has 1 aromatic carbocycles. The second kappa shape index (κ2) is 9.32. The molecule has 0 aliphatic heterocycles. The number of hydrogen-bond donors (Lipinski definition) is 1. The summed E-state index contributed by atoms with van der Waals surface area (Å²) in [6.45, 7) is 18.3. The summed E-state index contributed by atoms with van der Waals surface area (Å²) in [5.41, 5.74) is 10.9. The average Bonchev–Trinajstić information content (AvgIpc) is 3.26. The molecule has 5 fully saturated rings. The van der Waals surface area contributed by atoms with Crippen LogP contribution in [0.25, 0.3) is 0 Å².